The van der Waals surface area contributed by atoms with Gasteiger partial charge in [-0.15, -0.1) is 0 Å². The van der Waals surface area contributed by atoms with Crippen LogP contribution in [0.3, 0.4) is 0 Å². The summed E-state index contributed by atoms with van der Waals surface area (Å²) in [7, 11) is 0. The van der Waals surface area contributed by atoms with Gasteiger partial charge in [0.05, 0.1) is 0 Å². The first kappa shape index (κ1) is 15.7. The number of ketones is 1. The fourth-order valence-corrected chi connectivity index (χ4v) is 3.13. The van der Waals surface area contributed by atoms with Gasteiger partial charge in [-0.3, -0.25) is 4.79 Å². The van der Waals surface area contributed by atoms with E-state index in [0.717, 1.165) is 19.3 Å². The molecule has 0 radical (unpaired) electrons. The maximum Gasteiger partial charge on any atom is 0.379 e. The van der Waals surface area contributed by atoms with Gasteiger partial charge >= 0.3 is 5.97 Å². The molecule has 3 heteroatoms. The summed E-state index contributed by atoms with van der Waals surface area (Å²) in [6.07, 6.45) is 4.00. The molecule has 2 unspecified atom stereocenters. The molecular formula is C18H24O3. The van der Waals surface area contributed by atoms with Crippen LogP contribution in [-0.2, 0) is 9.53 Å². The Balaban J connectivity index is 2.05. The molecule has 1 aromatic rings. The van der Waals surface area contributed by atoms with Crippen molar-refractivity contribution in [3.05, 3.63) is 35.9 Å². The standard InChI is InChI=1S/C18H24O3/c1-18(2,3)14-11-7-8-12-15(14)21-17(20)16(19)13-9-5-4-6-10-13/h4-6,9-10,14-15H,7-8,11-12H2,1-3H3. The Kier molecular flexibility index (Phi) is 4.81. The van der Waals surface area contributed by atoms with E-state index in [4.69, 9.17) is 4.74 Å². The first-order chi connectivity index (χ1) is 9.89. The number of hydrogen-bond donors (Lipinski definition) is 0. The summed E-state index contributed by atoms with van der Waals surface area (Å²) in [5.74, 6) is -0.949. The topological polar surface area (TPSA) is 43.4 Å². The van der Waals surface area contributed by atoms with Gasteiger partial charge in [-0.1, -0.05) is 57.5 Å². The first-order valence-electron chi connectivity index (χ1n) is 7.70. The van der Waals surface area contributed by atoms with E-state index < -0.39 is 11.8 Å². The molecule has 2 rings (SSSR count). The van der Waals surface area contributed by atoms with Crippen molar-refractivity contribution in [1.29, 1.82) is 0 Å². The normalized spacial score (nSPS) is 22.6. The minimum atomic E-state index is -0.720. The lowest BCUT2D eigenvalue weighted by molar-refractivity contribution is -0.150. The van der Waals surface area contributed by atoms with Gasteiger partial charge in [0.15, 0.2) is 0 Å². The smallest absolute Gasteiger partial charge is 0.379 e. The Morgan fingerprint density at radius 3 is 2.29 bits per heavy atom. The molecular weight excluding hydrogens is 264 g/mol. The number of carbonyl (C=O) groups excluding carboxylic acids is 2. The van der Waals surface area contributed by atoms with Crippen LogP contribution in [0.2, 0.25) is 0 Å². The van der Waals surface area contributed by atoms with Crippen molar-refractivity contribution in [3.8, 4) is 0 Å². The summed E-state index contributed by atoms with van der Waals surface area (Å²) in [5, 5.41) is 0. The van der Waals surface area contributed by atoms with Gasteiger partial charge in [0.1, 0.15) is 6.10 Å². The average molecular weight is 288 g/mol. The molecule has 0 bridgehead atoms. The maximum absolute atomic E-state index is 12.1. The van der Waals surface area contributed by atoms with Gasteiger partial charge in [-0.05, 0) is 24.7 Å². The zero-order valence-electron chi connectivity index (χ0n) is 13.1. The maximum atomic E-state index is 12.1. The van der Waals surface area contributed by atoms with Crippen molar-refractivity contribution in [2.75, 3.05) is 0 Å². The van der Waals surface area contributed by atoms with E-state index in [2.05, 4.69) is 20.8 Å². The molecule has 1 saturated carbocycles. The summed E-state index contributed by atoms with van der Waals surface area (Å²) in [5.41, 5.74) is 0.479. The SMILES string of the molecule is CC(C)(C)C1CCCCC1OC(=O)C(=O)c1ccccc1. The molecule has 0 aromatic heterocycles. The molecule has 0 spiro atoms. The van der Waals surface area contributed by atoms with Crippen LogP contribution >= 0.6 is 0 Å². The number of ether oxygens (including phenoxy) is 1. The Labute approximate surface area is 126 Å². The van der Waals surface area contributed by atoms with Gasteiger partial charge in [0, 0.05) is 11.5 Å². The molecule has 0 aliphatic heterocycles. The number of benzene rings is 1. The third-order valence-electron chi connectivity index (χ3n) is 4.29. The highest BCUT2D eigenvalue weighted by Crippen LogP contribution is 2.39. The van der Waals surface area contributed by atoms with Gasteiger partial charge in [0.2, 0.25) is 0 Å². The highest BCUT2D eigenvalue weighted by molar-refractivity contribution is 6.40. The largest absolute Gasteiger partial charge is 0.456 e. The van der Waals surface area contributed by atoms with E-state index in [9.17, 15) is 9.59 Å². The molecule has 1 aliphatic carbocycles. The Morgan fingerprint density at radius 1 is 1.05 bits per heavy atom. The van der Waals surface area contributed by atoms with Crippen molar-refractivity contribution in [2.45, 2.75) is 52.6 Å². The molecule has 1 aromatic carbocycles. The molecule has 114 valence electrons. The van der Waals surface area contributed by atoms with Crippen LogP contribution in [0, 0.1) is 11.3 Å². The van der Waals surface area contributed by atoms with E-state index in [1.165, 1.54) is 6.42 Å². The second-order valence-electron chi connectivity index (χ2n) is 6.90. The van der Waals surface area contributed by atoms with Crippen LogP contribution in [0.25, 0.3) is 0 Å². The molecule has 1 fully saturated rings. The number of hydrogen-bond acceptors (Lipinski definition) is 3. The Bertz CT molecular complexity index is 499. The van der Waals surface area contributed by atoms with Crippen LogP contribution in [0.15, 0.2) is 30.3 Å². The lowest BCUT2D eigenvalue weighted by Gasteiger charge is -2.39. The number of carbonyl (C=O) groups is 2. The molecule has 2 atom stereocenters. The fraction of sp³-hybridized carbons (Fsp3) is 0.556. The van der Waals surface area contributed by atoms with Gasteiger partial charge in [-0.25, -0.2) is 4.79 Å². The van der Waals surface area contributed by atoms with Crippen molar-refractivity contribution in [3.63, 3.8) is 0 Å². The number of esters is 1. The number of Topliss-reactive ketones (excluding diaryl/α,β-unsaturated/α-hetero) is 1. The lowest BCUT2D eigenvalue weighted by atomic mass is 9.70. The lowest BCUT2D eigenvalue weighted by Crippen LogP contribution is -2.39. The van der Waals surface area contributed by atoms with E-state index in [1.54, 1.807) is 24.3 Å². The van der Waals surface area contributed by atoms with Gasteiger partial charge in [0.25, 0.3) is 5.78 Å². The van der Waals surface area contributed by atoms with E-state index >= 15 is 0 Å². The molecule has 0 N–H and O–H groups in total. The van der Waals surface area contributed by atoms with Crippen molar-refractivity contribution >= 4 is 11.8 Å². The van der Waals surface area contributed by atoms with Crippen molar-refractivity contribution < 1.29 is 14.3 Å². The summed E-state index contributed by atoms with van der Waals surface area (Å²) in [6, 6.07) is 8.61. The fourth-order valence-electron chi connectivity index (χ4n) is 3.13. The van der Waals surface area contributed by atoms with Crippen LogP contribution in [0.1, 0.15) is 56.8 Å². The Morgan fingerprint density at radius 2 is 1.67 bits per heavy atom. The monoisotopic (exact) mass is 288 g/mol. The van der Waals surface area contributed by atoms with Crippen molar-refractivity contribution in [1.82, 2.24) is 0 Å². The average Bonchev–Trinajstić information content (AvgIpc) is 2.47. The zero-order valence-corrected chi connectivity index (χ0v) is 13.1. The van der Waals surface area contributed by atoms with Crippen LogP contribution in [-0.4, -0.2) is 17.9 Å². The Hall–Kier alpha value is -1.64. The van der Waals surface area contributed by atoms with Gasteiger partial charge in [-0.2, -0.15) is 0 Å². The first-order valence-corrected chi connectivity index (χ1v) is 7.70. The zero-order chi connectivity index (χ0) is 15.5. The van der Waals surface area contributed by atoms with E-state index in [0.29, 0.717) is 11.5 Å². The second-order valence-corrected chi connectivity index (χ2v) is 6.90. The molecule has 0 heterocycles. The second kappa shape index (κ2) is 6.42. The molecule has 3 nitrogen and oxygen atoms in total. The molecule has 0 amide bonds. The van der Waals surface area contributed by atoms with Crippen LogP contribution < -0.4 is 0 Å². The van der Waals surface area contributed by atoms with Gasteiger partial charge < -0.3 is 4.74 Å². The molecule has 21 heavy (non-hydrogen) atoms. The third kappa shape index (κ3) is 3.93. The third-order valence-corrected chi connectivity index (χ3v) is 4.29. The van der Waals surface area contributed by atoms with Crippen molar-refractivity contribution in [2.24, 2.45) is 11.3 Å². The predicted molar refractivity (Wildman–Crippen MR) is 82.1 cm³/mol. The summed E-state index contributed by atoms with van der Waals surface area (Å²) < 4.78 is 5.56. The quantitative estimate of drug-likeness (QED) is 0.479. The van der Waals surface area contributed by atoms with E-state index in [1.807, 2.05) is 6.07 Å². The minimum absolute atomic E-state index is 0.0845. The van der Waals surface area contributed by atoms with E-state index in [-0.39, 0.29) is 11.5 Å². The summed E-state index contributed by atoms with van der Waals surface area (Å²) in [6.45, 7) is 6.51. The number of rotatable bonds is 3. The predicted octanol–water partition coefficient (Wildman–Crippen LogP) is 4.02. The van der Waals surface area contributed by atoms with Crippen LogP contribution in [0.5, 0.6) is 0 Å². The highest BCUT2D eigenvalue weighted by atomic mass is 16.5. The van der Waals surface area contributed by atoms with Crippen LogP contribution in [0.4, 0.5) is 0 Å². The highest BCUT2D eigenvalue weighted by Gasteiger charge is 2.37. The molecule has 1 aliphatic rings. The summed E-state index contributed by atoms with van der Waals surface area (Å²) >= 11 is 0. The minimum Gasteiger partial charge on any atom is -0.456 e. The molecule has 0 saturated heterocycles. The summed E-state index contributed by atoms with van der Waals surface area (Å²) in [4.78, 5) is 24.2.